The van der Waals surface area contributed by atoms with Gasteiger partial charge in [0.15, 0.2) is 12.2 Å². The third-order valence-corrected chi connectivity index (χ3v) is 21.8. The Kier molecular flexibility index (Phi) is 74.4. The average Bonchev–Trinajstić information content (AvgIpc) is 0.940. The minimum atomic E-state index is -4.96. The Balaban J connectivity index is 5.23. The van der Waals surface area contributed by atoms with Gasteiger partial charge in [-0.1, -0.05) is 394 Å². The predicted molar refractivity (Wildman–Crippen MR) is 418 cm³/mol. The molecule has 0 aliphatic carbocycles. The van der Waals surface area contributed by atoms with Crippen molar-refractivity contribution in [3.8, 4) is 0 Å². The smallest absolute Gasteiger partial charge is 0.462 e. The van der Waals surface area contributed by atoms with E-state index < -0.39 is 97.5 Å². The van der Waals surface area contributed by atoms with Crippen molar-refractivity contribution in [3.63, 3.8) is 0 Å². The number of rotatable bonds is 83. The first-order valence-corrected chi connectivity index (χ1v) is 46.2. The lowest BCUT2D eigenvalue weighted by Crippen LogP contribution is -2.30. The van der Waals surface area contributed by atoms with Gasteiger partial charge in [0, 0.05) is 25.7 Å². The first kappa shape index (κ1) is 100. The zero-order valence-electron chi connectivity index (χ0n) is 66.8. The molecule has 19 heteroatoms. The summed E-state index contributed by atoms with van der Waals surface area (Å²) in [6.45, 7) is 7.36. The van der Waals surface area contributed by atoms with Gasteiger partial charge in [-0.25, -0.2) is 9.13 Å². The summed E-state index contributed by atoms with van der Waals surface area (Å²) >= 11 is 0. The van der Waals surface area contributed by atoms with Crippen LogP contribution >= 0.6 is 15.6 Å². The van der Waals surface area contributed by atoms with Gasteiger partial charge in [0.25, 0.3) is 0 Å². The zero-order valence-corrected chi connectivity index (χ0v) is 68.5. The molecular weight excluding hydrogens is 1330 g/mol. The molecule has 0 aromatic heterocycles. The first-order valence-electron chi connectivity index (χ1n) is 43.2. The molecular formula is C83H162O17P2. The van der Waals surface area contributed by atoms with Crippen LogP contribution in [0.5, 0.6) is 0 Å². The van der Waals surface area contributed by atoms with Crippen LogP contribution in [0.3, 0.4) is 0 Å². The number of hydrogen-bond acceptors (Lipinski definition) is 15. The van der Waals surface area contributed by atoms with Crippen LogP contribution in [0.4, 0.5) is 0 Å². The molecule has 0 aromatic carbocycles. The van der Waals surface area contributed by atoms with Crippen LogP contribution in [0, 0.1) is 5.92 Å². The highest BCUT2D eigenvalue weighted by Crippen LogP contribution is 2.45. The highest BCUT2D eigenvalue weighted by Gasteiger charge is 2.30. The number of ether oxygens (including phenoxy) is 4. The molecule has 0 spiro atoms. The number of hydrogen-bond donors (Lipinski definition) is 3. The Morgan fingerprint density at radius 2 is 0.471 bits per heavy atom. The second-order valence-corrected chi connectivity index (χ2v) is 33.0. The minimum Gasteiger partial charge on any atom is -0.462 e. The Morgan fingerprint density at radius 3 is 0.696 bits per heavy atom. The molecule has 0 fully saturated rings. The molecule has 0 heterocycles. The van der Waals surface area contributed by atoms with E-state index >= 15 is 0 Å². The maximum atomic E-state index is 13.1. The molecule has 3 unspecified atom stereocenters. The van der Waals surface area contributed by atoms with Gasteiger partial charge >= 0.3 is 39.5 Å². The van der Waals surface area contributed by atoms with Gasteiger partial charge in [0.05, 0.1) is 26.4 Å². The van der Waals surface area contributed by atoms with Crippen LogP contribution in [0.1, 0.15) is 446 Å². The quantitative estimate of drug-likeness (QED) is 0.0222. The van der Waals surface area contributed by atoms with Crippen molar-refractivity contribution in [3.05, 3.63) is 0 Å². The van der Waals surface area contributed by atoms with Gasteiger partial charge in [-0.05, 0) is 31.6 Å². The molecule has 0 aromatic rings. The fraction of sp³-hybridized carbons (Fsp3) is 0.952. The molecule has 6 atom stereocenters. The molecule has 0 saturated carbocycles. The van der Waals surface area contributed by atoms with E-state index in [1.54, 1.807) is 0 Å². The largest absolute Gasteiger partial charge is 0.472 e. The topological polar surface area (TPSA) is 237 Å². The van der Waals surface area contributed by atoms with E-state index in [1.165, 1.54) is 270 Å². The summed E-state index contributed by atoms with van der Waals surface area (Å²) in [4.78, 5) is 73.1. The van der Waals surface area contributed by atoms with E-state index in [9.17, 15) is 43.2 Å². The molecule has 0 radical (unpaired) electrons. The Morgan fingerprint density at radius 1 is 0.275 bits per heavy atom. The predicted octanol–water partition coefficient (Wildman–Crippen LogP) is 25.2. The van der Waals surface area contributed by atoms with Crippen molar-refractivity contribution in [2.75, 3.05) is 39.6 Å². The number of phosphoric acid groups is 2. The number of phosphoric ester groups is 2. The molecule has 0 bridgehead atoms. The fourth-order valence-corrected chi connectivity index (χ4v) is 14.5. The van der Waals surface area contributed by atoms with Gasteiger partial charge in [-0.3, -0.25) is 37.3 Å². The second kappa shape index (κ2) is 75.9. The van der Waals surface area contributed by atoms with Crippen LogP contribution in [-0.2, 0) is 65.4 Å². The van der Waals surface area contributed by atoms with E-state index in [4.69, 9.17) is 37.0 Å². The van der Waals surface area contributed by atoms with Gasteiger partial charge in [0.1, 0.15) is 19.3 Å². The number of carbonyl (C=O) groups excluding carboxylic acids is 4. The van der Waals surface area contributed by atoms with Crippen molar-refractivity contribution in [2.24, 2.45) is 5.92 Å². The Bertz CT molecular complexity index is 1950. The highest BCUT2D eigenvalue weighted by molar-refractivity contribution is 7.47. The van der Waals surface area contributed by atoms with E-state index in [0.717, 1.165) is 95.8 Å². The average molecular weight is 1490 g/mol. The SMILES string of the molecule is CCCCCCCCCCCCCCCCCCCCCCC(=O)O[C@H](COC(=O)CCCCCCCCCCCCCCCCCCCC)COP(=O)(O)OC[C@@H](O)COP(=O)(O)OC[C@@H](COC(=O)CCCCCCCCCCCC)OC(=O)CCCCCCCCCCCCC(C)CC. The third kappa shape index (κ3) is 74.9. The van der Waals surface area contributed by atoms with E-state index in [2.05, 4.69) is 34.6 Å². The highest BCUT2D eigenvalue weighted by atomic mass is 31.2. The monoisotopic (exact) mass is 1490 g/mol. The number of esters is 4. The summed E-state index contributed by atoms with van der Waals surface area (Å²) in [5.74, 6) is -1.30. The normalized spacial score (nSPS) is 14.1. The van der Waals surface area contributed by atoms with Gasteiger partial charge in [-0.2, -0.15) is 0 Å². The summed E-state index contributed by atoms with van der Waals surface area (Å²) in [7, 11) is -9.92. The summed E-state index contributed by atoms with van der Waals surface area (Å²) in [6, 6.07) is 0. The van der Waals surface area contributed by atoms with Crippen LogP contribution in [0.2, 0.25) is 0 Å². The summed E-state index contributed by atoms with van der Waals surface area (Å²) in [5.41, 5.74) is 0. The summed E-state index contributed by atoms with van der Waals surface area (Å²) in [6.07, 6.45) is 68.0. The van der Waals surface area contributed by atoms with Crippen LogP contribution in [-0.4, -0.2) is 96.7 Å². The van der Waals surface area contributed by atoms with Crippen molar-refractivity contribution < 1.29 is 80.2 Å². The van der Waals surface area contributed by atoms with E-state index in [0.29, 0.717) is 25.7 Å². The van der Waals surface area contributed by atoms with Crippen LogP contribution in [0.25, 0.3) is 0 Å². The summed E-state index contributed by atoms with van der Waals surface area (Å²) < 4.78 is 68.8. The first-order chi connectivity index (χ1) is 49.6. The lowest BCUT2D eigenvalue weighted by Gasteiger charge is -2.21. The number of aliphatic hydroxyl groups is 1. The van der Waals surface area contributed by atoms with Gasteiger partial charge < -0.3 is 33.8 Å². The fourth-order valence-electron chi connectivity index (χ4n) is 12.9. The summed E-state index contributed by atoms with van der Waals surface area (Å²) in [5, 5.41) is 10.7. The molecule has 0 saturated heterocycles. The van der Waals surface area contributed by atoms with Crippen molar-refractivity contribution in [2.45, 2.75) is 464 Å². The lowest BCUT2D eigenvalue weighted by molar-refractivity contribution is -0.161. The van der Waals surface area contributed by atoms with Gasteiger partial charge in [0.2, 0.25) is 0 Å². The third-order valence-electron chi connectivity index (χ3n) is 19.9. The van der Waals surface area contributed by atoms with Gasteiger partial charge in [-0.15, -0.1) is 0 Å². The number of aliphatic hydroxyl groups excluding tert-OH is 1. The van der Waals surface area contributed by atoms with Crippen LogP contribution < -0.4 is 0 Å². The van der Waals surface area contributed by atoms with Crippen LogP contribution in [0.15, 0.2) is 0 Å². The van der Waals surface area contributed by atoms with E-state index in [-0.39, 0.29) is 25.7 Å². The maximum Gasteiger partial charge on any atom is 0.472 e. The minimum absolute atomic E-state index is 0.107. The molecule has 606 valence electrons. The van der Waals surface area contributed by atoms with Crippen molar-refractivity contribution in [1.82, 2.24) is 0 Å². The second-order valence-electron chi connectivity index (χ2n) is 30.1. The Labute approximate surface area is 626 Å². The molecule has 0 aliphatic rings. The van der Waals surface area contributed by atoms with Crippen molar-refractivity contribution in [1.29, 1.82) is 0 Å². The number of carbonyl (C=O) groups is 4. The van der Waals surface area contributed by atoms with Crippen molar-refractivity contribution >= 4 is 39.5 Å². The molecule has 0 aliphatic heterocycles. The standard InChI is InChI=1S/C83H162O17P2/c1-6-10-13-16-19-22-25-27-29-31-33-34-36-38-40-42-48-53-58-63-68-82(87)99-79(73-94-81(86)67-62-57-52-47-41-39-37-35-32-30-28-26-23-20-17-14-11-7-2)75-98-102(91,92)96-71-77(84)70-95-101(89,90)97-74-78(72-93-80(85)66-61-56-51-46-24-21-18-15-12-8-3)100-83(88)69-64-59-54-49-44-43-45-50-55-60-65-76(5)9-4/h76-79,84H,6-75H2,1-5H3,(H,89,90)(H,91,92)/t76?,77-,78+,79+/m0/s1. The molecule has 0 amide bonds. The Hall–Kier alpha value is -1.94. The number of unbranched alkanes of at least 4 members (excludes halogenated alkanes) is 54. The zero-order chi connectivity index (χ0) is 74.8. The van der Waals surface area contributed by atoms with E-state index in [1.807, 2.05) is 0 Å². The molecule has 17 nitrogen and oxygen atoms in total. The molecule has 3 N–H and O–H groups in total. The molecule has 102 heavy (non-hydrogen) atoms. The molecule has 0 rings (SSSR count). The lowest BCUT2D eigenvalue weighted by atomic mass is 9.99. The maximum absolute atomic E-state index is 13.1.